The van der Waals surface area contributed by atoms with Crippen LogP contribution in [0.4, 0.5) is 0 Å². The molecule has 34 heavy (non-hydrogen) atoms. The van der Waals surface area contributed by atoms with Crippen LogP contribution in [0, 0.1) is 0 Å². The van der Waals surface area contributed by atoms with Crippen LogP contribution in [0.2, 0.25) is 0 Å². The summed E-state index contributed by atoms with van der Waals surface area (Å²) >= 11 is 0. The normalized spacial score (nSPS) is 12.8. The van der Waals surface area contributed by atoms with Gasteiger partial charge in [0.15, 0.2) is 0 Å². The number of benzene rings is 5. The van der Waals surface area contributed by atoms with E-state index in [2.05, 4.69) is 147 Å². The highest BCUT2D eigenvalue weighted by atomic mass is 14.5. The van der Waals surface area contributed by atoms with Gasteiger partial charge >= 0.3 is 0 Å². The molecule has 6 rings (SSSR count). The molecule has 0 saturated heterocycles. The minimum atomic E-state index is -0.316. The van der Waals surface area contributed by atoms with Crippen molar-refractivity contribution in [1.29, 1.82) is 0 Å². The van der Waals surface area contributed by atoms with Gasteiger partial charge in [0.25, 0.3) is 0 Å². The monoisotopic (exact) mass is 438 g/mol. The first-order valence-electron chi connectivity index (χ1n) is 12.2. The van der Waals surface area contributed by atoms with E-state index in [9.17, 15) is 0 Å². The summed E-state index contributed by atoms with van der Waals surface area (Å²) in [7, 11) is 0. The Morgan fingerprint density at radius 2 is 0.912 bits per heavy atom. The van der Waals surface area contributed by atoms with Crippen molar-refractivity contribution in [3.05, 3.63) is 156 Å². The summed E-state index contributed by atoms with van der Waals surface area (Å²) in [6, 6.07) is 48.4. The lowest BCUT2D eigenvalue weighted by Crippen LogP contribution is -2.28. The van der Waals surface area contributed by atoms with Crippen LogP contribution in [0.1, 0.15) is 42.5 Å². The number of fused-ring (bicyclic) bond motifs is 3. The molecule has 0 nitrogen and oxygen atoms in total. The molecule has 0 bridgehead atoms. The second-order valence-electron chi connectivity index (χ2n) is 8.86. The molecule has 5 aromatic rings. The Morgan fingerprint density at radius 1 is 0.441 bits per heavy atom. The van der Waals surface area contributed by atoms with Gasteiger partial charge in [0.1, 0.15) is 0 Å². The SMILES string of the molecule is CCC.c1ccc(-c2ccc3c(c2)-c2ccccc2C3(c2ccccc2)c2ccccc2)cc1. The van der Waals surface area contributed by atoms with Crippen molar-refractivity contribution in [3.63, 3.8) is 0 Å². The van der Waals surface area contributed by atoms with Crippen molar-refractivity contribution >= 4 is 0 Å². The third kappa shape index (κ3) is 3.56. The minimum absolute atomic E-state index is 0.316. The Hall–Kier alpha value is -3.90. The van der Waals surface area contributed by atoms with Gasteiger partial charge in [-0.15, -0.1) is 0 Å². The van der Waals surface area contributed by atoms with Crippen LogP contribution < -0.4 is 0 Å². The Balaban J connectivity index is 0.000000764. The number of hydrogen-bond acceptors (Lipinski definition) is 0. The van der Waals surface area contributed by atoms with Gasteiger partial charge in [-0.2, -0.15) is 0 Å². The van der Waals surface area contributed by atoms with E-state index in [1.807, 2.05) is 0 Å². The van der Waals surface area contributed by atoms with Crippen molar-refractivity contribution in [3.8, 4) is 22.3 Å². The minimum Gasteiger partial charge on any atom is -0.0656 e. The molecule has 1 aliphatic carbocycles. The molecule has 0 fully saturated rings. The van der Waals surface area contributed by atoms with E-state index in [1.165, 1.54) is 50.9 Å². The maximum Gasteiger partial charge on any atom is 0.0713 e. The number of hydrogen-bond donors (Lipinski definition) is 0. The van der Waals surface area contributed by atoms with E-state index < -0.39 is 0 Å². The molecule has 0 unspecified atom stereocenters. The summed E-state index contributed by atoms with van der Waals surface area (Å²) < 4.78 is 0. The highest BCUT2D eigenvalue weighted by molar-refractivity contribution is 5.88. The van der Waals surface area contributed by atoms with Crippen molar-refractivity contribution < 1.29 is 0 Å². The summed E-state index contributed by atoms with van der Waals surface area (Å²) in [5.74, 6) is 0. The smallest absolute Gasteiger partial charge is 0.0656 e. The fourth-order valence-electron chi connectivity index (χ4n) is 5.26. The van der Waals surface area contributed by atoms with E-state index in [0.29, 0.717) is 0 Å². The summed E-state index contributed by atoms with van der Waals surface area (Å²) in [5.41, 5.74) is 10.2. The second kappa shape index (κ2) is 9.53. The van der Waals surface area contributed by atoms with Crippen molar-refractivity contribution in [2.75, 3.05) is 0 Å². The van der Waals surface area contributed by atoms with Gasteiger partial charge in [-0.05, 0) is 50.6 Å². The predicted molar refractivity (Wildman–Crippen MR) is 145 cm³/mol. The van der Waals surface area contributed by atoms with E-state index in [0.717, 1.165) is 0 Å². The highest BCUT2D eigenvalue weighted by Gasteiger charge is 2.45. The summed E-state index contributed by atoms with van der Waals surface area (Å²) in [6.45, 7) is 4.25. The molecule has 1 aliphatic rings. The third-order valence-electron chi connectivity index (χ3n) is 6.57. The fraction of sp³-hybridized carbons (Fsp3) is 0.118. The molecular formula is C34H30. The Morgan fingerprint density at radius 3 is 1.50 bits per heavy atom. The van der Waals surface area contributed by atoms with Crippen LogP contribution in [0.25, 0.3) is 22.3 Å². The molecule has 0 saturated carbocycles. The molecule has 0 atom stereocenters. The summed E-state index contributed by atoms with van der Waals surface area (Å²) in [5, 5.41) is 0. The third-order valence-corrected chi connectivity index (χ3v) is 6.57. The van der Waals surface area contributed by atoms with Gasteiger partial charge in [-0.1, -0.05) is 148 Å². The lowest BCUT2D eigenvalue weighted by Gasteiger charge is -2.33. The lowest BCUT2D eigenvalue weighted by atomic mass is 9.67. The molecule has 166 valence electrons. The molecule has 0 N–H and O–H groups in total. The van der Waals surface area contributed by atoms with Crippen molar-refractivity contribution in [1.82, 2.24) is 0 Å². The molecule has 0 spiro atoms. The second-order valence-corrected chi connectivity index (χ2v) is 8.86. The average Bonchev–Trinajstić information content (AvgIpc) is 3.21. The molecule has 0 amide bonds. The summed E-state index contributed by atoms with van der Waals surface area (Å²) in [4.78, 5) is 0. The molecule has 0 aliphatic heterocycles. The predicted octanol–water partition coefficient (Wildman–Crippen LogP) is 9.13. The zero-order valence-electron chi connectivity index (χ0n) is 19.9. The van der Waals surface area contributed by atoms with E-state index in [-0.39, 0.29) is 5.41 Å². The van der Waals surface area contributed by atoms with Crippen LogP contribution in [-0.4, -0.2) is 0 Å². The first kappa shape index (κ1) is 21.9. The standard InChI is InChI=1S/C31H22.C3H8/c1-4-12-23(13-5-1)24-20-21-30-28(22-24)27-18-10-11-19-29(27)31(30,25-14-6-2-7-15-25)26-16-8-3-9-17-26;1-3-2/h1-22H;3H2,1-2H3. The first-order chi connectivity index (χ1) is 16.8. The van der Waals surface area contributed by atoms with Crippen LogP contribution in [0.3, 0.4) is 0 Å². The van der Waals surface area contributed by atoms with E-state index >= 15 is 0 Å². The van der Waals surface area contributed by atoms with Crippen LogP contribution >= 0.6 is 0 Å². The molecule has 5 aromatic carbocycles. The van der Waals surface area contributed by atoms with Crippen LogP contribution in [0.5, 0.6) is 0 Å². The van der Waals surface area contributed by atoms with Gasteiger partial charge < -0.3 is 0 Å². The molecular weight excluding hydrogens is 408 g/mol. The zero-order valence-corrected chi connectivity index (χ0v) is 19.9. The quantitative estimate of drug-likeness (QED) is 0.258. The van der Waals surface area contributed by atoms with Gasteiger partial charge in [0.2, 0.25) is 0 Å². The Bertz CT molecular complexity index is 1330. The van der Waals surface area contributed by atoms with Crippen molar-refractivity contribution in [2.24, 2.45) is 0 Å². The maximum absolute atomic E-state index is 2.37. The van der Waals surface area contributed by atoms with Crippen LogP contribution in [-0.2, 0) is 5.41 Å². The highest BCUT2D eigenvalue weighted by Crippen LogP contribution is 2.56. The van der Waals surface area contributed by atoms with Crippen molar-refractivity contribution in [2.45, 2.75) is 25.7 Å². The van der Waals surface area contributed by atoms with E-state index in [4.69, 9.17) is 0 Å². The molecule has 0 radical (unpaired) electrons. The van der Waals surface area contributed by atoms with E-state index in [1.54, 1.807) is 0 Å². The van der Waals surface area contributed by atoms with Gasteiger partial charge in [0, 0.05) is 0 Å². The zero-order chi connectivity index (χ0) is 23.4. The van der Waals surface area contributed by atoms with Gasteiger partial charge in [0.05, 0.1) is 5.41 Å². The Kier molecular flexibility index (Phi) is 6.14. The first-order valence-corrected chi connectivity index (χ1v) is 12.2. The fourth-order valence-corrected chi connectivity index (χ4v) is 5.26. The number of rotatable bonds is 3. The molecule has 0 heterocycles. The lowest BCUT2D eigenvalue weighted by molar-refractivity contribution is 0.768. The molecule has 0 heteroatoms. The van der Waals surface area contributed by atoms with Gasteiger partial charge in [-0.3, -0.25) is 0 Å². The maximum atomic E-state index is 2.37. The topological polar surface area (TPSA) is 0 Å². The van der Waals surface area contributed by atoms with Gasteiger partial charge in [-0.25, -0.2) is 0 Å². The molecule has 0 aromatic heterocycles. The van der Waals surface area contributed by atoms with Crippen LogP contribution in [0.15, 0.2) is 133 Å². The summed E-state index contributed by atoms with van der Waals surface area (Å²) in [6.07, 6.45) is 1.25. The Labute approximate surface area is 203 Å². The largest absolute Gasteiger partial charge is 0.0713 e. The average molecular weight is 439 g/mol.